The summed E-state index contributed by atoms with van der Waals surface area (Å²) in [7, 11) is 0. The lowest BCUT2D eigenvalue weighted by atomic mass is 10.1. The highest BCUT2D eigenvalue weighted by Crippen LogP contribution is 2.12. The van der Waals surface area contributed by atoms with Gasteiger partial charge in [0.25, 0.3) is 5.91 Å². The number of carboxylic acids is 1. The van der Waals surface area contributed by atoms with Crippen LogP contribution in [0, 0.1) is 0 Å². The van der Waals surface area contributed by atoms with Gasteiger partial charge in [0, 0.05) is 23.7 Å². The van der Waals surface area contributed by atoms with E-state index in [4.69, 9.17) is 16.7 Å². The molecule has 1 rings (SSSR count). The molecule has 1 unspecified atom stereocenters. The Kier molecular flexibility index (Phi) is 6.45. The Morgan fingerprint density at radius 3 is 2.75 bits per heavy atom. The molecule has 0 aliphatic heterocycles. The summed E-state index contributed by atoms with van der Waals surface area (Å²) in [5.41, 5.74) is 1.24. The Bertz CT molecular complexity index is 491. The van der Waals surface area contributed by atoms with Gasteiger partial charge in [-0.2, -0.15) is 0 Å². The first-order valence-electron chi connectivity index (χ1n) is 6.61. The maximum atomic E-state index is 12.1. The molecule has 0 radical (unpaired) electrons. The number of halogens is 1. The molecule has 5 nitrogen and oxygen atoms in total. The molecule has 0 aliphatic carbocycles. The summed E-state index contributed by atoms with van der Waals surface area (Å²) < 4.78 is 0. The van der Waals surface area contributed by atoms with Crippen molar-refractivity contribution in [1.82, 2.24) is 10.3 Å². The fourth-order valence-corrected chi connectivity index (χ4v) is 2.03. The van der Waals surface area contributed by atoms with Crippen molar-refractivity contribution in [3.8, 4) is 0 Å². The molecule has 110 valence electrons. The van der Waals surface area contributed by atoms with Crippen LogP contribution in [0.5, 0.6) is 0 Å². The fraction of sp³-hybridized carbons (Fsp3) is 0.500. The summed E-state index contributed by atoms with van der Waals surface area (Å²) in [5.74, 6) is -1.04. The highest BCUT2D eigenvalue weighted by atomic mass is 35.5. The number of pyridine rings is 1. The summed E-state index contributed by atoms with van der Waals surface area (Å²) in [6.07, 6.45) is 1.97. The topological polar surface area (TPSA) is 79.3 Å². The Balaban J connectivity index is 2.57. The van der Waals surface area contributed by atoms with Gasteiger partial charge in [-0.1, -0.05) is 18.5 Å². The summed E-state index contributed by atoms with van der Waals surface area (Å²) in [5, 5.41) is 11.7. The molecule has 0 saturated heterocycles. The lowest BCUT2D eigenvalue weighted by Crippen LogP contribution is -2.32. The molecule has 0 aliphatic rings. The van der Waals surface area contributed by atoms with Crippen molar-refractivity contribution in [3.63, 3.8) is 0 Å². The van der Waals surface area contributed by atoms with Crippen LogP contribution in [0.25, 0.3) is 0 Å². The zero-order valence-electron chi connectivity index (χ0n) is 11.6. The Labute approximate surface area is 123 Å². The summed E-state index contributed by atoms with van der Waals surface area (Å²) in [4.78, 5) is 26.6. The van der Waals surface area contributed by atoms with Gasteiger partial charge in [0.05, 0.1) is 0 Å². The van der Waals surface area contributed by atoms with Crippen LogP contribution in [0.1, 0.15) is 49.2 Å². The summed E-state index contributed by atoms with van der Waals surface area (Å²) in [6.45, 7) is 3.79. The molecule has 0 aromatic carbocycles. The van der Waals surface area contributed by atoms with Gasteiger partial charge < -0.3 is 10.4 Å². The number of aliphatic carboxylic acids is 1. The van der Waals surface area contributed by atoms with Gasteiger partial charge >= 0.3 is 5.97 Å². The van der Waals surface area contributed by atoms with Crippen LogP contribution in [0.4, 0.5) is 0 Å². The second-order valence-electron chi connectivity index (χ2n) is 4.68. The third-order valence-corrected chi connectivity index (χ3v) is 3.07. The minimum absolute atomic E-state index is 0.0844. The highest BCUT2D eigenvalue weighted by Gasteiger charge is 2.12. The molecule has 6 heteroatoms. The van der Waals surface area contributed by atoms with E-state index in [2.05, 4.69) is 10.3 Å². The van der Waals surface area contributed by atoms with Crippen LogP contribution in [0.3, 0.4) is 0 Å². The zero-order valence-corrected chi connectivity index (χ0v) is 12.4. The first-order chi connectivity index (χ1) is 9.42. The van der Waals surface area contributed by atoms with Crippen molar-refractivity contribution in [2.45, 2.75) is 45.6 Å². The van der Waals surface area contributed by atoms with E-state index in [0.717, 1.165) is 5.69 Å². The molecule has 1 aromatic rings. The van der Waals surface area contributed by atoms with Crippen LogP contribution < -0.4 is 5.32 Å². The number of carbonyl (C=O) groups excluding carboxylic acids is 1. The molecule has 1 aromatic heterocycles. The predicted molar refractivity (Wildman–Crippen MR) is 77.0 cm³/mol. The minimum atomic E-state index is -0.822. The van der Waals surface area contributed by atoms with Crippen molar-refractivity contribution in [2.75, 3.05) is 0 Å². The van der Waals surface area contributed by atoms with E-state index in [-0.39, 0.29) is 18.4 Å². The number of carboxylic acid groups (broad SMARTS) is 1. The molecule has 0 fully saturated rings. The first-order valence-corrected chi connectivity index (χ1v) is 6.99. The number of aromatic nitrogens is 1. The largest absolute Gasteiger partial charge is 0.481 e. The molecule has 1 amide bonds. The lowest BCUT2D eigenvalue weighted by Gasteiger charge is -2.13. The predicted octanol–water partition coefficient (Wildman–Crippen LogP) is 2.67. The van der Waals surface area contributed by atoms with Gasteiger partial charge in [-0.25, -0.2) is 4.98 Å². The van der Waals surface area contributed by atoms with E-state index in [0.29, 0.717) is 30.0 Å². The fourth-order valence-electron chi connectivity index (χ4n) is 1.80. The SMILES string of the molecule is CCc1cc(C(=O)NC(C)CCCC(=O)O)cc(Cl)n1. The molecule has 2 N–H and O–H groups in total. The number of aryl methyl sites for hydroxylation is 1. The molecule has 20 heavy (non-hydrogen) atoms. The smallest absolute Gasteiger partial charge is 0.303 e. The second kappa shape index (κ2) is 7.85. The van der Waals surface area contributed by atoms with Crippen molar-refractivity contribution >= 4 is 23.5 Å². The van der Waals surface area contributed by atoms with Crippen LogP contribution in [-0.4, -0.2) is 28.0 Å². The average Bonchev–Trinajstić information content (AvgIpc) is 2.37. The monoisotopic (exact) mass is 298 g/mol. The number of nitrogens with zero attached hydrogens (tertiary/aromatic N) is 1. The van der Waals surface area contributed by atoms with Crippen molar-refractivity contribution in [3.05, 3.63) is 28.5 Å². The van der Waals surface area contributed by atoms with Crippen LogP contribution in [0.2, 0.25) is 5.15 Å². The number of amides is 1. The van der Waals surface area contributed by atoms with E-state index in [1.807, 2.05) is 13.8 Å². The number of nitrogens with one attached hydrogen (secondary N) is 1. The maximum Gasteiger partial charge on any atom is 0.303 e. The highest BCUT2D eigenvalue weighted by molar-refractivity contribution is 6.29. The quantitative estimate of drug-likeness (QED) is 0.759. The van der Waals surface area contributed by atoms with Gasteiger partial charge in [-0.3, -0.25) is 9.59 Å². The van der Waals surface area contributed by atoms with Gasteiger partial charge in [0.2, 0.25) is 0 Å². The molecule has 0 spiro atoms. The number of rotatable bonds is 7. The third-order valence-electron chi connectivity index (χ3n) is 2.88. The molecular formula is C14H19ClN2O3. The van der Waals surface area contributed by atoms with Crippen molar-refractivity contribution < 1.29 is 14.7 Å². The average molecular weight is 299 g/mol. The van der Waals surface area contributed by atoms with Crippen molar-refractivity contribution in [1.29, 1.82) is 0 Å². The molecule has 1 heterocycles. The molecule has 0 bridgehead atoms. The summed E-state index contributed by atoms with van der Waals surface area (Å²) >= 11 is 5.87. The molecule has 1 atom stereocenters. The van der Waals surface area contributed by atoms with E-state index in [1.165, 1.54) is 6.07 Å². The van der Waals surface area contributed by atoms with Crippen LogP contribution >= 0.6 is 11.6 Å². The van der Waals surface area contributed by atoms with Gasteiger partial charge in [0.1, 0.15) is 5.15 Å². The number of hydrogen-bond acceptors (Lipinski definition) is 3. The third kappa shape index (κ3) is 5.57. The Morgan fingerprint density at radius 1 is 1.45 bits per heavy atom. The Hall–Kier alpha value is -1.62. The van der Waals surface area contributed by atoms with E-state index >= 15 is 0 Å². The first kappa shape index (κ1) is 16.4. The minimum Gasteiger partial charge on any atom is -0.481 e. The lowest BCUT2D eigenvalue weighted by molar-refractivity contribution is -0.137. The van der Waals surface area contributed by atoms with E-state index in [1.54, 1.807) is 6.07 Å². The van der Waals surface area contributed by atoms with Gasteiger partial charge in [-0.15, -0.1) is 0 Å². The van der Waals surface area contributed by atoms with Crippen LogP contribution in [-0.2, 0) is 11.2 Å². The second-order valence-corrected chi connectivity index (χ2v) is 5.07. The van der Waals surface area contributed by atoms with Crippen molar-refractivity contribution in [2.24, 2.45) is 0 Å². The van der Waals surface area contributed by atoms with E-state index in [9.17, 15) is 9.59 Å². The van der Waals surface area contributed by atoms with Gasteiger partial charge in [0.15, 0.2) is 0 Å². The molecular weight excluding hydrogens is 280 g/mol. The maximum absolute atomic E-state index is 12.1. The van der Waals surface area contributed by atoms with Gasteiger partial charge in [-0.05, 0) is 38.3 Å². The van der Waals surface area contributed by atoms with E-state index < -0.39 is 5.97 Å². The Morgan fingerprint density at radius 2 is 2.15 bits per heavy atom. The number of carbonyl (C=O) groups is 2. The number of hydrogen-bond donors (Lipinski definition) is 2. The standard InChI is InChI=1S/C14H19ClN2O3/c1-3-11-7-10(8-12(15)17-11)14(20)16-9(2)5-4-6-13(18)19/h7-9H,3-6H2,1-2H3,(H,16,20)(H,18,19). The normalized spacial score (nSPS) is 11.9. The zero-order chi connectivity index (χ0) is 15.1. The van der Waals surface area contributed by atoms with Crippen LogP contribution in [0.15, 0.2) is 12.1 Å². The molecule has 0 saturated carbocycles. The summed E-state index contributed by atoms with van der Waals surface area (Å²) in [6, 6.07) is 3.16.